The smallest absolute Gasteiger partial charge is 0.260 e. The monoisotopic (exact) mass is 429 g/mol. The number of anilines is 1. The lowest BCUT2D eigenvalue weighted by molar-refractivity contribution is -0.119. The molecule has 1 N–H and O–H groups in total. The molecule has 0 aliphatic rings. The molecule has 0 aromatic heterocycles. The van der Waals surface area contributed by atoms with Crippen LogP contribution in [0.25, 0.3) is 0 Å². The van der Waals surface area contributed by atoms with E-state index in [-0.39, 0.29) is 12.0 Å². The van der Waals surface area contributed by atoms with E-state index in [0.717, 1.165) is 21.8 Å². The molecule has 0 heterocycles. The number of carbonyl (C=O) groups excluding carboxylic acids is 1. The Morgan fingerprint density at radius 2 is 1.67 bits per heavy atom. The van der Waals surface area contributed by atoms with Gasteiger partial charge in [-0.25, -0.2) is 13.8 Å². The maximum absolute atomic E-state index is 12.5. The first-order chi connectivity index (χ1) is 14.0. The third-order valence-electron chi connectivity index (χ3n) is 4.95. The average Bonchev–Trinajstić information content (AvgIpc) is 2.70. The lowest BCUT2D eigenvalue weighted by Crippen LogP contribution is -2.39. The molecule has 0 aliphatic carbocycles. The third kappa shape index (κ3) is 6.42. The van der Waals surface area contributed by atoms with Gasteiger partial charge in [-0.15, -0.1) is 0 Å². The van der Waals surface area contributed by atoms with Crippen LogP contribution in [0.5, 0.6) is 0 Å². The molecular weight excluding hydrogens is 398 g/mol. The first kappa shape index (κ1) is 23.6. The zero-order valence-electron chi connectivity index (χ0n) is 18.3. The van der Waals surface area contributed by atoms with Crippen molar-refractivity contribution in [1.82, 2.24) is 5.43 Å². The topological polar surface area (TPSA) is 78.8 Å². The number of aryl methyl sites for hydroxylation is 1. The summed E-state index contributed by atoms with van der Waals surface area (Å²) in [5.41, 5.74) is 5.69. The highest BCUT2D eigenvalue weighted by molar-refractivity contribution is 7.92. The second kappa shape index (κ2) is 9.89. The summed E-state index contributed by atoms with van der Waals surface area (Å²) in [6.45, 7) is 7.72. The van der Waals surface area contributed by atoms with E-state index < -0.39 is 15.9 Å². The van der Waals surface area contributed by atoms with Gasteiger partial charge in [0.2, 0.25) is 10.0 Å². The minimum absolute atomic E-state index is 0.140. The van der Waals surface area contributed by atoms with Crippen molar-refractivity contribution in [3.8, 4) is 0 Å². The lowest BCUT2D eigenvalue weighted by Gasteiger charge is -2.25. The summed E-state index contributed by atoms with van der Waals surface area (Å²) >= 11 is 0. The number of carbonyl (C=O) groups is 1. The Labute approximate surface area is 180 Å². The molecule has 162 valence electrons. The Morgan fingerprint density at radius 1 is 1.07 bits per heavy atom. The van der Waals surface area contributed by atoms with E-state index in [0.29, 0.717) is 18.5 Å². The van der Waals surface area contributed by atoms with Crippen molar-refractivity contribution in [2.75, 3.05) is 17.1 Å². The number of sulfonamides is 1. The molecule has 0 fully saturated rings. The highest BCUT2D eigenvalue weighted by Crippen LogP contribution is 2.27. The van der Waals surface area contributed by atoms with E-state index in [1.165, 1.54) is 5.56 Å². The molecule has 30 heavy (non-hydrogen) atoms. The second-order valence-electron chi connectivity index (χ2n) is 8.06. The van der Waals surface area contributed by atoms with Gasteiger partial charge in [0, 0.05) is 5.71 Å². The summed E-state index contributed by atoms with van der Waals surface area (Å²) in [7, 11) is -3.62. The number of nitrogens with one attached hydrogen (secondary N) is 1. The molecule has 1 amide bonds. The van der Waals surface area contributed by atoms with Gasteiger partial charge in [0.15, 0.2) is 0 Å². The minimum Gasteiger partial charge on any atom is -0.271 e. The van der Waals surface area contributed by atoms with Gasteiger partial charge < -0.3 is 0 Å². The SMILES string of the molecule is CCc1ccccc1N(CC(=O)N/N=C(/C)CC(C)(C)c1ccccc1)S(C)(=O)=O. The van der Waals surface area contributed by atoms with Crippen LogP contribution in [-0.4, -0.2) is 32.8 Å². The maximum atomic E-state index is 12.5. The van der Waals surface area contributed by atoms with Crippen molar-refractivity contribution in [3.63, 3.8) is 0 Å². The number of para-hydroxylation sites is 1. The second-order valence-corrected chi connectivity index (χ2v) is 9.97. The quantitative estimate of drug-likeness (QED) is 0.485. The van der Waals surface area contributed by atoms with Crippen LogP contribution in [0.3, 0.4) is 0 Å². The van der Waals surface area contributed by atoms with E-state index >= 15 is 0 Å². The van der Waals surface area contributed by atoms with Crippen LogP contribution in [0.15, 0.2) is 59.7 Å². The molecule has 0 spiro atoms. The van der Waals surface area contributed by atoms with Gasteiger partial charge >= 0.3 is 0 Å². The van der Waals surface area contributed by atoms with Gasteiger partial charge in [-0.3, -0.25) is 9.10 Å². The number of hydrazone groups is 1. The van der Waals surface area contributed by atoms with Crippen LogP contribution in [0.1, 0.15) is 45.2 Å². The Hall–Kier alpha value is -2.67. The fourth-order valence-corrected chi connectivity index (χ4v) is 4.32. The van der Waals surface area contributed by atoms with Crippen LogP contribution < -0.4 is 9.73 Å². The highest BCUT2D eigenvalue weighted by atomic mass is 32.2. The van der Waals surface area contributed by atoms with Gasteiger partial charge in [-0.1, -0.05) is 69.3 Å². The summed E-state index contributed by atoms with van der Waals surface area (Å²) in [5.74, 6) is -0.483. The van der Waals surface area contributed by atoms with Crippen LogP contribution in [0, 0.1) is 0 Å². The molecule has 6 nitrogen and oxygen atoms in total. The number of hydrogen-bond donors (Lipinski definition) is 1. The normalized spacial score (nSPS) is 12.5. The molecule has 0 atom stereocenters. The van der Waals surface area contributed by atoms with Gasteiger partial charge in [0.05, 0.1) is 11.9 Å². The summed E-state index contributed by atoms with van der Waals surface area (Å²) in [6, 6.07) is 17.3. The minimum atomic E-state index is -3.62. The molecule has 0 radical (unpaired) electrons. The Bertz CT molecular complexity index is 999. The maximum Gasteiger partial charge on any atom is 0.260 e. The first-order valence-electron chi connectivity index (χ1n) is 9.97. The standard InChI is InChI=1S/C23H31N3O3S/c1-6-19-12-10-11-15-21(19)26(30(5,28)29)17-22(27)25-24-18(2)16-23(3,4)20-13-8-7-9-14-20/h7-15H,6,16-17H2,1-5H3,(H,25,27)/b24-18-. The molecule has 7 heteroatoms. The Balaban J connectivity index is 2.10. The largest absolute Gasteiger partial charge is 0.271 e. The number of amides is 1. The van der Waals surface area contributed by atoms with Crippen LogP contribution in [0.4, 0.5) is 5.69 Å². The number of nitrogens with zero attached hydrogens (tertiary/aromatic N) is 2. The van der Waals surface area contributed by atoms with Gasteiger partial charge in [-0.2, -0.15) is 5.10 Å². The molecule has 2 aromatic rings. The zero-order valence-corrected chi connectivity index (χ0v) is 19.2. The molecule has 0 bridgehead atoms. The van der Waals surface area contributed by atoms with Crippen LogP contribution in [-0.2, 0) is 26.7 Å². The average molecular weight is 430 g/mol. The summed E-state index contributed by atoms with van der Waals surface area (Å²) < 4.78 is 25.8. The molecular formula is C23H31N3O3S. The van der Waals surface area contributed by atoms with Crippen molar-refractivity contribution in [2.45, 2.75) is 46.0 Å². The van der Waals surface area contributed by atoms with E-state index in [1.54, 1.807) is 12.1 Å². The van der Waals surface area contributed by atoms with Crippen molar-refractivity contribution < 1.29 is 13.2 Å². The molecule has 2 rings (SSSR count). The molecule has 0 aliphatic heterocycles. The molecule has 0 saturated carbocycles. The van der Waals surface area contributed by atoms with Crippen LogP contribution in [0.2, 0.25) is 0 Å². The van der Waals surface area contributed by atoms with Crippen LogP contribution >= 0.6 is 0 Å². The van der Waals surface area contributed by atoms with E-state index in [4.69, 9.17) is 0 Å². The predicted octanol–water partition coefficient (Wildman–Crippen LogP) is 3.88. The highest BCUT2D eigenvalue weighted by Gasteiger charge is 2.24. The summed E-state index contributed by atoms with van der Waals surface area (Å²) in [6.07, 6.45) is 2.42. The predicted molar refractivity (Wildman–Crippen MR) is 123 cm³/mol. The van der Waals surface area contributed by atoms with Gasteiger partial charge in [0.1, 0.15) is 6.54 Å². The van der Waals surface area contributed by atoms with Gasteiger partial charge in [0.25, 0.3) is 5.91 Å². The number of benzene rings is 2. The lowest BCUT2D eigenvalue weighted by atomic mass is 9.80. The number of hydrogen-bond acceptors (Lipinski definition) is 4. The third-order valence-corrected chi connectivity index (χ3v) is 6.08. The van der Waals surface area contributed by atoms with Crippen molar-refractivity contribution >= 4 is 27.3 Å². The Morgan fingerprint density at radius 3 is 2.27 bits per heavy atom. The number of rotatable bonds is 9. The van der Waals surface area contributed by atoms with Crippen molar-refractivity contribution in [1.29, 1.82) is 0 Å². The van der Waals surface area contributed by atoms with Gasteiger partial charge in [-0.05, 0) is 42.4 Å². The fourth-order valence-electron chi connectivity index (χ4n) is 3.43. The van der Waals surface area contributed by atoms with E-state index in [9.17, 15) is 13.2 Å². The first-order valence-corrected chi connectivity index (χ1v) is 11.8. The zero-order chi connectivity index (χ0) is 22.4. The Kier molecular flexibility index (Phi) is 7.78. The molecule has 2 aromatic carbocycles. The summed E-state index contributed by atoms with van der Waals surface area (Å²) in [4.78, 5) is 12.5. The fraction of sp³-hybridized carbons (Fsp3) is 0.391. The van der Waals surface area contributed by atoms with Crippen molar-refractivity contribution in [3.05, 3.63) is 65.7 Å². The van der Waals surface area contributed by atoms with Crippen molar-refractivity contribution in [2.24, 2.45) is 5.10 Å². The molecule has 0 saturated heterocycles. The molecule has 0 unspecified atom stereocenters. The van der Waals surface area contributed by atoms with E-state index in [1.807, 2.05) is 44.2 Å². The summed E-state index contributed by atoms with van der Waals surface area (Å²) in [5, 5.41) is 4.20. The van der Waals surface area contributed by atoms with E-state index in [2.05, 4.69) is 36.5 Å².